The van der Waals surface area contributed by atoms with E-state index < -0.39 is 0 Å². The summed E-state index contributed by atoms with van der Waals surface area (Å²) in [5, 5.41) is 8.76. The Bertz CT molecular complexity index is 524. The third-order valence-electron chi connectivity index (χ3n) is 3.21. The third kappa shape index (κ3) is 3.55. The molecule has 0 fully saturated rings. The zero-order chi connectivity index (χ0) is 13.8. The van der Waals surface area contributed by atoms with Crippen LogP contribution in [0.1, 0.15) is 37.2 Å². The van der Waals surface area contributed by atoms with Crippen LogP contribution in [0.5, 0.6) is 0 Å². The molecule has 2 rings (SSSR count). The lowest BCUT2D eigenvalue weighted by Crippen LogP contribution is -2.22. The summed E-state index contributed by atoms with van der Waals surface area (Å²) in [5.41, 5.74) is 1.21. The number of aromatic nitrogens is 2. The Morgan fingerprint density at radius 3 is 2.42 bits per heavy atom. The molecule has 0 aliphatic rings. The fourth-order valence-electron chi connectivity index (χ4n) is 1.84. The van der Waals surface area contributed by atoms with Gasteiger partial charge in [0.1, 0.15) is 0 Å². The van der Waals surface area contributed by atoms with Crippen LogP contribution in [-0.4, -0.2) is 22.1 Å². The van der Waals surface area contributed by atoms with Gasteiger partial charge in [0.05, 0.1) is 6.54 Å². The smallest absolute Gasteiger partial charge is 0.230 e. The van der Waals surface area contributed by atoms with E-state index in [2.05, 4.69) is 22.0 Å². The molecule has 0 N–H and O–H groups in total. The molecule has 0 radical (unpaired) electrons. The van der Waals surface area contributed by atoms with Gasteiger partial charge in [0.25, 0.3) is 0 Å². The van der Waals surface area contributed by atoms with Crippen molar-refractivity contribution in [3.8, 4) is 0 Å². The average molecular weight is 280 g/mol. The fraction of sp³-hybridized carbons (Fsp3) is 0.429. The highest BCUT2D eigenvalue weighted by molar-refractivity contribution is 6.30. The first-order chi connectivity index (χ1) is 9.10. The first-order valence-electron chi connectivity index (χ1n) is 6.37. The van der Waals surface area contributed by atoms with Gasteiger partial charge >= 0.3 is 0 Å². The Morgan fingerprint density at radius 1 is 1.21 bits per heavy atom. The summed E-state index contributed by atoms with van der Waals surface area (Å²) in [6.07, 6.45) is 0.767. The molecule has 1 heterocycles. The number of halogens is 1. The lowest BCUT2D eigenvalue weighted by molar-refractivity contribution is 0.226. The van der Waals surface area contributed by atoms with E-state index in [-0.39, 0.29) is 6.04 Å². The Kier molecular flexibility index (Phi) is 4.56. The van der Waals surface area contributed by atoms with Gasteiger partial charge < -0.3 is 4.42 Å². The molecule has 0 aliphatic carbocycles. The Labute approximate surface area is 118 Å². The number of hydrogen-bond donors (Lipinski definition) is 0. The predicted octanol–water partition coefficient (Wildman–Crippen LogP) is 3.48. The minimum Gasteiger partial charge on any atom is -0.424 e. The van der Waals surface area contributed by atoms with Gasteiger partial charge in [-0.25, -0.2) is 0 Å². The van der Waals surface area contributed by atoms with Crippen LogP contribution < -0.4 is 0 Å². The normalized spacial score (nSPS) is 12.9. The number of aryl methyl sites for hydroxylation is 1. The van der Waals surface area contributed by atoms with Crippen molar-refractivity contribution in [1.82, 2.24) is 15.1 Å². The molecule has 2 aromatic rings. The number of hydrogen-bond acceptors (Lipinski definition) is 4. The quantitative estimate of drug-likeness (QED) is 0.840. The van der Waals surface area contributed by atoms with E-state index in [0.717, 1.165) is 11.4 Å². The lowest BCUT2D eigenvalue weighted by Gasteiger charge is -2.23. The second kappa shape index (κ2) is 6.17. The molecule has 4 nitrogen and oxygen atoms in total. The summed E-state index contributed by atoms with van der Waals surface area (Å²) in [4.78, 5) is 2.16. The number of benzene rings is 1. The van der Waals surface area contributed by atoms with Gasteiger partial charge in [-0.3, -0.25) is 4.90 Å². The summed E-state index contributed by atoms with van der Waals surface area (Å²) in [5.74, 6) is 1.34. The fourth-order valence-corrected chi connectivity index (χ4v) is 1.97. The molecule has 0 bridgehead atoms. The molecule has 0 saturated carbocycles. The predicted molar refractivity (Wildman–Crippen MR) is 75.0 cm³/mol. The first kappa shape index (κ1) is 14.0. The van der Waals surface area contributed by atoms with Gasteiger partial charge in [0, 0.05) is 17.5 Å². The molecule has 0 amide bonds. The van der Waals surface area contributed by atoms with Crippen LogP contribution in [0.2, 0.25) is 5.02 Å². The molecule has 1 atom stereocenters. The van der Waals surface area contributed by atoms with Crippen molar-refractivity contribution in [3.05, 3.63) is 46.6 Å². The molecule has 1 aromatic carbocycles. The summed E-state index contributed by atoms with van der Waals surface area (Å²) in [6, 6.07) is 8.14. The maximum Gasteiger partial charge on any atom is 0.230 e. The largest absolute Gasteiger partial charge is 0.424 e. The van der Waals surface area contributed by atoms with E-state index in [0.29, 0.717) is 18.3 Å². The molecular weight excluding hydrogens is 262 g/mol. The number of rotatable bonds is 5. The molecule has 1 aromatic heterocycles. The molecule has 0 aliphatic heterocycles. The maximum atomic E-state index is 5.90. The van der Waals surface area contributed by atoms with Gasteiger partial charge in [0.15, 0.2) is 0 Å². The van der Waals surface area contributed by atoms with E-state index in [1.165, 1.54) is 5.56 Å². The Balaban J connectivity index is 2.02. The van der Waals surface area contributed by atoms with Crippen LogP contribution in [0.3, 0.4) is 0 Å². The molecule has 5 heteroatoms. The standard InChI is InChI=1S/C14H18ClN3O/c1-4-13-16-17-14(19-13)9-18(3)10(2)11-5-7-12(15)8-6-11/h5-8,10H,4,9H2,1-3H3. The van der Waals surface area contributed by atoms with Crippen LogP contribution in [0.15, 0.2) is 28.7 Å². The van der Waals surface area contributed by atoms with Crippen LogP contribution in [-0.2, 0) is 13.0 Å². The van der Waals surface area contributed by atoms with Crippen molar-refractivity contribution in [1.29, 1.82) is 0 Å². The summed E-state index contributed by atoms with van der Waals surface area (Å²) in [6.45, 7) is 4.77. The average Bonchev–Trinajstić information content (AvgIpc) is 2.86. The zero-order valence-electron chi connectivity index (χ0n) is 11.4. The van der Waals surface area contributed by atoms with Crippen LogP contribution in [0, 0.1) is 0 Å². The lowest BCUT2D eigenvalue weighted by atomic mass is 10.1. The zero-order valence-corrected chi connectivity index (χ0v) is 12.2. The molecule has 1 unspecified atom stereocenters. The molecule has 102 valence electrons. The summed E-state index contributed by atoms with van der Waals surface area (Å²) in [7, 11) is 2.04. The van der Waals surface area contributed by atoms with Crippen LogP contribution in [0.4, 0.5) is 0 Å². The summed E-state index contributed by atoms with van der Waals surface area (Å²) >= 11 is 5.90. The Hall–Kier alpha value is -1.39. The highest BCUT2D eigenvalue weighted by atomic mass is 35.5. The summed E-state index contributed by atoms with van der Waals surface area (Å²) < 4.78 is 5.52. The number of nitrogens with zero attached hydrogens (tertiary/aromatic N) is 3. The van der Waals surface area contributed by atoms with Gasteiger partial charge in [0.2, 0.25) is 11.8 Å². The second-order valence-electron chi connectivity index (χ2n) is 4.59. The van der Waals surface area contributed by atoms with E-state index in [9.17, 15) is 0 Å². The first-order valence-corrected chi connectivity index (χ1v) is 6.75. The molecule has 19 heavy (non-hydrogen) atoms. The monoisotopic (exact) mass is 279 g/mol. The van der Waals surface area contributed by atoms with Crippen LogP contribution in [0.25, 0.3) is 0 Å². The van der Waals surface area contributed by atoms with Gasteiger partial charge in [-0.05, 0) is 31.7 Å². The van der Waals surface area contributed by atoms with Crippen molar-refractivity contribution in [2.45, 2.75) is 32.9 Å². The second-order valence-corrected chi connectivity index (χ2v) is 5.02. The maximum absolute atomic E-state index is 5.90. The van der Waals surface area contributed by atoms with E-state index in [1.54, 1.807) is 0 Å². The van der Waals surface area contributed by atoms with E-state index >= 15 is 0 Å². The third-order valence-corrected chi connectivity index (χ3v) is 3.46. The SMILES string of the molecule is CCc1nnc(CN(C)C(C)c2ccc(Cl)cc2)o1. The van der Waals surface area contributed by atoms with Gasteiger partial charge in [-0.2, -0.15) is 0 Å². The topological polar surface area (TPSA) is 42.2 Å². The van der Waals surface area contributed by atoms with E-state index in [4.69, 9.17) is 16.0 Å². The molecular formula is C14H18ClN3O. The van der Waals surface area contributed by atoms with Crippen molar-refractivity contribution in [2.24, 2.45) is 0 Å². The van der Waals surface area contributed by atoms with Crippen molar-refractivity contribution in [2.75, 3.05) is 7.05 Å². The van der Waals surface area contributed by atoms with Crippen molar-refractivity contribution < 1.29 is 4.42 Å². The van der Waals surface area contributed by atoms with E-state index in [1.807, 2.05) is 38.2 Å². The molecule has 0 saturated heterocycles. The Morgan fingerprint density at radius 2 is 1.84 bits per heavy atom. The highest BCUT2D eigenvalue weighted by Crippen LogP contribution is 2.22. The van der Waals surface area contributed by atoms with Crippen molar-refractivity contribution in [3.63, 3.8) is 0 Å². The molecule has 0 spiro atoms. The van der Waals surface area contributed by atoms with Gasteiger partial charge in [-0.1, -0.05) is 30.7 Å². The minimum atomic E-state index is 0.259. The minimum absolute atomic E-state index is 0.259. The van der Waals surface area contributed by atoms with Crippen molar-refractivity contribution >= 4 is 11.6 Å². The van der Waals surface area contributed by atoms with Crippen LogP contribution >= 0.6 is 11.6 Å². The highest BCUT2D eigenvalue weighted by Gasteiger charge is 2.15. The van der Waals surface area contributed by atoms with Gasteiger partial charge in [-0.15, -0.1) is 10.2 Å².